The molecule has 1 aromatic heterocycles. The van der Waals surface area contributed by atoms with Gasteiger partial charge < -0.3 is 11.1 Å². The Morgan fingerprint density at radius 3 is 2.62 bits per heavy atom. The van der Waals surface area contributed by atoms with E-state index in [1.54, 1.807) is 11.3 Å². The number of nitrogens with two attached hydrogens (primary N) is 1. The lowest BCUT2D eigenvalue weighted by Gasteiger charge is -2.28. The average molecular weight is 346 g/mol. The van der Waals surface area contributed by atoms with Gasteiger partial charge in [-0.2, -0.15) is 0 Å². The molecule has 3 N–H and O–H groups in total. The van der Waals surface area contributed by atoms with Crippen LogP contribution in [0.4, 0.5) is 5.69 Å². The van der Waals surface area contributed by atoms with Crippen LogP contribution in [0.15, 0.2) is 35.8 Å². The minimum atomic E-state index is 0. The number of aromatic nitrogens is 1. The normalized spacial score (nSPS) is 16.0. The highest BCUT2D eigenvalue weighted by Gasteiger charge is 2.37. The Labute approximate surface area is 142 Å². The summed E-state index contributed by atoms with van der Waals surface area (Å²) in [5, 5.41) is 7.03. The number of nitrogens with zero attached hydrogens (tertiary/aromatic N) is 1. The Morgan fingerprint density at radius 2 is 2.00 bits per heavy atom. The predicted molar refractivity (Wildman–Crippen MR) is 94.5 cm³/mol. The van der Waals surface area contributed by atoms with Gasteiger partial charge in [-0.15, -0.1) is 36.2 Å². The van der Waals surface area contributed by atoms with Gasteiger partial charge in [0.2, 0.25) is 0 Å². The third-order valence-corrected chi connectivity index (χ3v) is 4.86. The highest BCUT2D eigenvalue weighted by molar-refractivity contribution is 7.09. The fraction of sp³-hybridized carbons (Fsp3) is 0.400. The van der Waals surface area contributed by atoms with Gasteiger partial charge in [0.25, 0.3) is 0 Å². The Morgan fingerprint density at radius 1 is 1.24 bits per heavy atom. The van der Waals surface area contributed by atoms with Crippen molar-refractivity contribution in [2.24, 2.45) is 0 Å². The van der Waals surface area contributed by atoms with Crippen molar-refractivity contribution in [2.45, 2.75) is 37.8 Å². The van der Waals surface area contributed by atoms with Crippen molar-refractivity contribution in [1.29, 1.82) is 0 Å². The van der Waals surface area contributed by atoms with Gasteiger partial charge in [-0.05, 0) is 30.5 Å². The lowest BCUT2D eigenvalue weighted by molar-refractivity contribution is 0.337. The topological polar surface area (TPSA) is 50.9 Å². The predicted octanol–water partition coefficient (Wildman–Crippen LogP) is 4.13. The van der Waals surface area contributed by atoms with Crippen molar-refractivity contribution in [2.75, 3.05) is 5.73 Å². The van der Waals surface area contributed by atoms with Crippen molar-refractivity contribution in [3.63, 3.8) is 0 Å². The van der Waals surface area contributed by atoms with Gasteiger partial charge in [0.1, 0.15) is 5.01 Å². The quantitative estimate of drug-likeness (QED) is 0.819. The van der Waals surface area contributed by atoms with Crippen LogP contribution in [0, 0.1) is 0 Å². The van der Waals surface area contributed by atoms with Crippen LogP contribution in [0.3, 0.4) is 0 Å². The van der Waals surface area contributed by atoms with Crippen molar-refractivity contribution in [1.82, 2.24) is 10.3 Å². The van der Waals surface area contributed by atoms with Crippen LogP contribution in [0.2, 0.25) is 0 Å². The Hall–Kier alpha value is -0.810. The van der Waals surface area contributed by atoms with Crippen LogP contribution in [0.25, 0.3) is 0 Å². The summed E-state index contributed by atoms with van der Waals surface area (Å²) >= 11 is 1.76. The van der Waals surface area contributed by atoms with Crippen LogP contribution in [0.5, 0.6) is 0 Å². The highest BCUT2D eigenvalue weighted by atomic mass is 35.5. The summed E-state index contributed by atoms with van der Waals surface area (Å²) in [5.74, 6) is 0. The molecule has 1 aliphatic rings. The molecule has 116 valence electrons. The van der Waals surface area contributed by atoms with Gasteiger partial charge in [-0.25, -0.2) is 4.98 Å². The second-order valence-corrected chi connectivity index (χ2v) is 6.12. The smallest absolute Gasteiger partial charge is 0.113 e. The fourth-order valence-corrected chi connectivity index (χ4v) is 3.75. The van der Waals surface area contributed by atoms with E-state index >= 15 is 0 Å². The van der Waals surface area contributed by atoms with Gasteiger partial charge in [-0.3, -0.25) is 0 Å². The zero-order valence-electron chi connectivity index (χ0n) is 11.7. The third kappa shape index (κ3) is 4.10. The van der Waals surface area contributed by atoms with E-state index in [-0.39, 0.29) is 30.4 Å². The second-order valence-electron chi connectivity index (χ2n) is 5.23. The van der Waals surface area contributed by atoms with E-state index in [0.29, 0.717) is 0 Å². The number of thiazole rings is 1. The summed E-state index contributed by atoms with van der Waals surface area (Å²) in [6, 6.07) is 8.10. The summed E-state index contributed by atoms with van der Waals surface area (Å²) in [6.07, 6.45) is 6.83. The zero-order valence-corrected chi connectivity index (χ0v) is 14.2. The van der Waals surface area contributed by atoms with Crippen molar-refractivity contribution < 1.29 is 0 Å². The molecule has 21 heavy (non-hydrogen) atoms. The number of anilines is 1. The summed E-state index contributed by atoms with van der Waals surface area (Å²) in [6.45, 7) is 0.852. The molecule has 3 nitrogen and oxygen atoms in total. The Kier molecular flexibility index (Phi) is 6.94. The number of hydrogen-bond acceptors (Lipinski definition) is 4. The molecule has 0 bridgehead atoms. The molecule has 1 heterocycles. The molecule has 0 amide bonds. The third-order valence-electron chi connectivity index (χ3n) is 3.88. The first-order valence-corrected chi connectivity index (χ1v) is 7.66. The summed E-state index contributed by atoms with van der Waals surface area (Å²) in [7, 11) is 0. The van der Waals surface area contributed by atoms with E-state index in [1.807, 2.05) is 24.4 Å². The van der Waals surface area contributed by atoms with E-state index in [1.165, 1.54) is 36.3 Å². The van der Waals surface area contributed by atoms with E-state index in [9.17, 15) is 0 Å². The molecule has 3 rings (SSSR count). The SMILES string of the molecule is Cl.Cl.Nc1cccc(CNC2(c3nccs3)CCCC2)c1. The first-order valence-electron chi connectivity index (χ1n) is 6.78. The molecule has 2 aromatic rings. The van der Waals surface area contributed by atoms with Crippen LogP contribution in [-0.4, -0.2) is 4.98 Å². The zero-order chi connectivity index (χ0) is 13.1. The molecule has 0 unspecified atom stereocenters. The maximum Gasteiger partial charge on any atom is 0.113 e. The van der Waals surface area contributed by atoms with Crippen LogP contribution in [-0.2, 0) is 12.1 Å². The summed E-state index contributed by atoms with van der Waals surface area (Å²) < 4.78 is 0. The molecule has 0 saturated heterocycles. The number of nitrogen functional groups attached to an aromatic ring is 1. The molecular formula is C15H21Cl2N3S. The summed E-state index contributed by atoms with van der Waals surface area (Å²) in [5.41, 5.74) is 7.98. The maximum absolute atomic E-state index is 5.83. The van der Waals surface area contributed by atoms with Gasteiger partial charge in [0.15, 0.2) is 0 Å². The number of halogens is 2. The lowest BCUT2D eigenvalue weighted by Crippen LogP contribution is -2.39. The number of hydrogen-bond donors (Lipinski definition) is 2. The molecule has 0 aliphatic heterocycles. The molecule has 1 aliphatic carbocycles. The highest BCUT2D eigenvalue weighted by Crippen LogP contribution is 2.39. The molecule has 0 spiro atoms. The number of rotatable bonds is 4. The molecule has 6 heteroatoms. The molecule has 0 atom stereocenters. The Bertz CT molecular complexity index is 540. The van der Waals surface area contributed by atoms with E-state index in [2.05, 4.69) is 21.7 Å². The lowest BCUT2D eigenvalue weighted by atomic mass is 9.98. The Balaban J connectivity index is 0.00000110. The molecular weight excluding hydrogens is 325 g/mol. The van der Waals surface area contributed by atoms with Gasteiger partial charge in [-0.1, -0.05) is 25.0 Å². The standard InChI is InChI=1S/C15H19N3S.2ClH/c16-13-5-3-4-12(10-13)11-18-15(6-1-2-7-15)14-17-8-9-19-14;;/h3-5,8-10,18H,1-2,6-7,11,16H2;2*1H. The van der Waals surface area contributed by atoms with Crippen molar-refractivity contribution >= 4 is 41.8 Å². The van der Waals surface area contributed by atoms with E-state index < -0.39 is 0 Å². The fourth-order valence-electron chi connectivity index (χ4n) is 2.88. The second kappa shape index (κ2) is 7.99. The molecule has 1 saturated carbocycles. The van der Waals surface area contributed by atoms with Crippen molar-refractivity contribution in [3.05, 3.63) is 46.4 Å². The van der Waals surface area contributed by atoms with E-state index in [4.69, 9.17) is 5.73 Å². The van der Waals surface area contributed by atoms with Crippen LogP contribution >= 0.6 is 36.2 Å². The van der Waals surface area contributed by atoms with Crippen LogP contribution in [0.1, 0.15) is 36.3 Å². The van der Waals surface area contributed by atoms with Gasteiger partial charge >= 0.3 is 0 Å². The maximum atomic E-state index is 5.83. The molecule has 1 fully saturated rings. The minimum absolute atomic E-state index is 0. The number of nitrogens with one attached hydrogen (secondary N) is 1. The largest absolute Gasteiger partial charge is 0.399 e. The molecule has 1 aromatic carbocycles. The average Bonchev–Trinajstić information content (AvgIpc) is 3.08. The van der Waals surface area contributed by atoms with Gasteiger partial charge in [0.05, 0.1) is 5.54 Å². The first-order chi connectivity index (χ1) is 9.28. The minimum Gasteiger partial charge on any atom is -0.399 e. The summed E-state index contributed by atoms with van der Waals surface area (Å²) in [4.78, 5) is 4.53. The monoisotopic (exact) mass is 345 g/mol. The van der Waals surface area contributed by atoms with Crippen LogP contribution < -0.4 is 11.1 Å². The van der Waals surface area contributed by atoms with Crippen molar-refractivity contribution in [3.8, 4) is 0 Å². The number of benzene rings is 1. The van der Waals surface area contributed by atoms with E-state index in [0.717, 1.165) is 12.2 Å². The molecule has 0 radical (unpaired) electrons. The first kappa shape index (κ1) is 18.2. The van der Waals surface area contributed by atoms with Gasteiger partial charge in [0, 0.05) is 23.8 Å².